The van der Waals surface area contributed by atoms with E-state index in [1.807, 2.05) is 11.8 Å². The molecule has 5 heteroatoms. The molecule has 0 aromatic rings. The average Bonchev–Trinajstić information content (AvgIpc) is 3.07. The fourth-order valence-corrected chi connectivity index (χ4v) is 2.70. The first-order chi connectivity index (χ1) is 7.60. The normalized spacial score (nSPS) is 26.1. The topological polar surface area (TPSA) is 64.4 Å². The molecule has 3 N–H and O–H groups in total. The Hall–Kier alpha value is -0.260. The fraction of sp³-hybridized carbons (Fsp3) is 0.909. The van der Waals surface area contributed by atoms with Crippen molar-refractivity contribution in [2.45, 2.75) is 36.0 Å². The minimum atomic E-state index is -0.702. The standard InChI is InChI=1S/C11H20N2O2S/c1-16-10(2-3-10)8-13-9(14)11(12)4-6-15-7-5-11/h2-8,12H2,1H3,(H,13,14). The van der Waals surface area contributed by atoms with Gasteiger partial charge in [-0.1, -0.05) is 0 Å². The molecule has 2 aliphatic rings. The van der Waals surface area contributed by atoms with E-state index in [1.165, 1.54) is 12.8 Å². The molecule has 92 valence electrons. The van der Waals surface area contributed by atoms with Crippen molar-refractivity contribution in [1.29, 1.82) is 0 Å². The van der Waals surface area contributed by atoms with Crippen molar-refractivity contribution >= 4 is 17.7 Å². The highest BCUT2D eigenvalue weighted by Gasteiger charge is 2.43. The molecular formula is C11H20N2O2S. The van der Waals surface area contributed by atoms with Gasteiger partial charge in [-0.05, 0) is 31.9 Å². The van der Waals surface area contributed by atoms with Gasteiger partial charge in [-0.3, -0.25) is 4.79 Å². The SMILES string of the molecule is CSC1(CNC(=O)C2(N)CCOCC2)CC1. The summed E-state index contributed by atoms with van der Waals surface area (Å²) in [4.78, 5) is 12.0. The lowest BCUT2D eigenvalue weighted by Gasteiger charge is -2.32. The third-order valence-electron chi connectivity index (χ3n) is 3.65. The van der Waals surface area contributed by atoms with Crippen LogP contribution in [0.15, 0.2) is 0 Å². The lowest BCUT2D eigenvalue weighted by molar-refractivity contribution is -0.129. The lowest BCUT2D eigenvalue weighted by Crippen LogP contribution is -2.57. The van der Waals surface area contributed by atoms with E-state index in [0.29, 0.717) is 30.8 Å². The first-order valence-electron chi connectivity index (χ1n) is 5.80. The van der Waals surface area contributed by atoms with Gasteiger partial charge < -0.3 is 15.8 Å². The van der Waals surface area contributed by atoms with Gasteiger partial charge in [0.2, 0.25) is 5.91 Å². The molecule has 16 heavy (non-hydrogen) atoms. The second-order valence-corrected chi connectivity index (χ2v) is 6.11. The van der Waals surface area contributed by atoms with Crippen molar-refractivity contribution in [3.05, 3.63) is 0 Å². The van der Waals surface area contributed by atoms with Crippen LogP contribution in [0.5, 0.6) is 0 Å². The molecule has 0 spiro atoms. The van der Waals surface area contributed by atoms with Crippen molar-refractivity contribution in [3.63, 3.8) is 0 Å². The number of hydrogen-bond acceptors (Lipinski definition) is 4. The molecule has 1 aliphatic carbocycles. The third-order valence-corrected chi connectivity index (χ3v) is 5.07. The van der Waals surface area contributed by atoms with Crippen LogP contribution >= 0.6 is 11.8 Å². The first-order valence-corrected chi connectivity index (χ1v) is 7.03. The summed E-state index contributed by atoms with van der Waals surface area (Å²) in [5, 5.41) is 3.01. The maximum Gasteiger partial charge on any atom is 0.240 e. The van der Waals surface area contributed by atoms with Crippen molar-refractivity contribution in [3.8, 4) is 0 Å². The highest BCUT2D eigenvalue weighted by atomic mass is 32.2. The molecule has 4 nitrogen and oxygen atoms in total. The molecule has 0 unspecified atom stereocenters. The van der Waals surface area contributed by atoms with Crippen molar-refractivity contribution in [2.75, 3.05) is 26.0 Å². The minimum absolute atomic E-state index is 0.00359. The van der Waals surface area contributed by atoms with E-state index in [0.717, 1.165) is 6.54 Å². The molecule has 0 aromatic carbocycles. The number of nitrogens with two attached hydrogens (primary N) is 1. The van der Waals surface area contributed by atoms with Gasteiger partial charge in [-0.15, -0.1) is 0 Å². The van der Waals surface area contributed by atoms with E-state index in [2.05, 4.69) is 11.6 Å². The Morgan fingerprint density at radius 3 is 2.50 bits per heavy atom. The van der Waals surface area contributed by atoms with E-state index in [4.69, 9.17) is 10.5 Å². The van der Waals surface area contributed by atoms with E-state index in [1.54, 1.807) is 0 Å². The summed E-state index contributed by atoms with van der Waals surface area (Å²) in [5.41, 5.74) is 5.39. The molecule has 0 bridgehead atoms. The van der Waals surface area contributed by atoms with Gasteiger partial charge in [-0.25, -0.2) is 0 Å². The largest absolute Gasteiger partial charge is 0.381 e. The molecule has 2 rings (SSSR count). The van der Waals surface area contributed by atoms with E-state index >= 15 is 0 Å². The summed E-state index contributed by atoms with van der Waals surface area (Å²) in [7, 11) is 0. The molecule has 0 atom stereocenters. The Balaban J connectivity index is 1.82. The van der Waals surface area contributed by atoms with Crippen LogP contribution in [0.2, 0.25) is 0 Å². The summed E-state index contributed by atoms with van der Waals surface area (Å²) in [5.74, 6) is -0.00359. The summed E-state index contributed by atoms with van der Waals surface area (Å²) < 4.78 is 5.53. The Morgan fingerprint density at radius 1 is 1.38 bits per heavy atom. The summed E-state index contributed by atoms with van der Waals surface area (Å²) >= 11 is 1.85. The van der Waals surface area contributed by atoms with Crippen molar-refractivity contribution in [2.24, 2.45) is 5.73 Å². The molecule has 1 saturated heterocycles. The zero-order valence-corrected chi connectivity index (χ0v) is 10.6. The van der Waals surface area contributed by atoms with Crippen LogP contribution in [0, 0.1) is 0 Å². The molecule has 1 saturated carbocycles. The number of hydrogen-bond donors (Lipinski definition) is 2. The molecule has 1 amide bonds. The second-order valence-electron chi connectivity index (χ2n) is 4.84. The first kappa shape index (κ1) is 12.2. The maximum atomic E-state index is 12.0. The minimum Gasteiger partial charge on any atom is -0.381 e. The second kappa shape index (κ2) is 4.55. The number of rotatable bonds is 4. The number of nitrogens with one attached hydrogen (secondary N) is 1. The Kier molecular flexibility index (Phi) is 3.47. The third kappa shape index (κ3) is 2.52. The van der Waals surface area contributed by atoms with Crippen LogP contribution in [0.1, 0.15) is 25.7 Å². The Morgan fingerprint density at radius 2 is 2.00 bits per heavy atom. The van der Waals surface area contributed by atoms with Gasteiger partial charge >= 0.3 is 0 Å². The number of ether oxygens (including phenoxy) is 1. The van der Waals surface area contributed by atoms with Crippen molar-refractivity contribution < 1.29 is 9.53 Å². The van der Waals surface area contributed by atoms with Crippen LogP contribution in [0.25, 0.3) is 0 Å². The van der Waals surface area contributed by atoms with Gasteiger partial charge in [0.1, 0.15) is 0 Å². The zero-order valence-electron chi connectivity index (χ0n) is 9.75. The quantitative estimate of drug-likeness (QED) is 0.756. The smallest absolute Gasteiger partial charge is 0.240 e. The molecular weight excluding hydrogens is 224 g/mol. The predicted octanol–water partition coefficient (Wildman–Crippen LogP) is 0.506. The Bertz CT molecular complexity index is 273. The van der Waals surface area contributed by atoms with Crippen LogP contribution in [0.3, 0.4) is 0 Å². The van der Waals surface area contributed by atoms with Gasteiger partial charge in [0.15, 0.2) is 0 Å². The highest BCUT2D eigenvalue weighted by molar-refractivity contribution is 8.00. The fourth-order valence-electron chi connectivity index (χ4n) is 1.97. The number of carbonyl (C=O) groups excluding carboxylic acids is 1. The van der Waals surface area contributed by atoms with E-state index in [9.17, 15) is 4.79 Å². The summed E-state index contributed by atoms with van der Waals surface area (Å²) in [6.45, 7) is 1.95. The van der Waals surface area contributed by atoms with Gasteiger partial charge in [-0.2, -0.15) is 11.8 Å². The summed E-state index contributed by atoms with van der Waals surface area (Å²) in [6.07, 6.45) is 5.77. The number of amides is 1. The number of thioether (sulfide) groups is 1. The van der Waals surface area contributed by atoms with E-state index < -0.39 is 5.54 Å². The molecule has 1 aliphatic heterocycles. The van der Waals surface area contributed by atoms with Gasteiger partial charge in [0, 0.05) is 24.5 Å². The predicted molar refractivity (Wildman–Crippen MR) is 65.5 cm³/mol. The highest BCUT2D eigenvalue weighted by Crippen LogP contribution is 2.46. The average molecular weight is 244 g/mol. The number of carbonyl (C=O) groups is 1. The van der Waals surface area contributed by atoms with E-state index in [-0.39, 0.29) is 5.91 Å². The summed E-state index contributed by atoms with van der Waals surface area (Å²) in [6, 6.07) is 0. The van der Waals surface area contributed by atoms with Crippen molar-refractivity contribution in [1.82, 2.24) is 5.32 Å². The molecule has 2 fully saturated rings. The van der Waals surface area contributed by atoms with Gasteiger partial charge in [0.05, 0.1) is 5.54 Å². The zero-order chi connectivity index (χ0) is 11.6. The molecule has 0 aromatic heterocycles. The van der Waals surface area contributed by atoms with Crippen LogP contribution in [0.4, 0.5) is 0 Å². The van der Waals surface area contributed by atoms with Gasteiger partial charge in [0.25, 0.3) is 0 Å². The van der Waals surface area contributed by atoms with Crippen LogP contribution in [-0.4, -0.2) is 42.2 Å². The van der Waals surface area contributed by atoms with Crippen LogP contribution in [-0.2, 0) is 9.53 Å². The monoisotopic (exact) mass is 244 g/mol. The Labute approximate surface area is 101 Å². The van der Waals surface area contributed by atoms with Crippen LogP contribution < -0.4 is 11.1 Å². The maximum absolute atomic E-state index is 12.0. The molecule has 1 heterocycles. The molecule has 0 radical (unpaired) electrons. The lowest BCUT2D eigenvalue weighted by atomic mass is 9.90.